The molecule has 0 saturated carbocycles. The Labute approximate surface area is 112 Å². The molecule has 1 atom stereocenters. The predicted molar refractivity (Wildman–Crippen MR) is 70.2 cm³/mol. The van der Waals surface area contributed by atoms with Gasteiger partial charge in [0.25, 0.3) is 5.89 Å². The van der Waals surface area contributed by atoms with Crippen molar-refractivity contribution < 1.29 is 9.26 Å². The van der Waals surface area contributed by atoms with Crippen LogP contribution in [-0.2, 0) is 10.3 Å². The average Bonchev–Trinajstić information content (AvgIpc) is 2.88. The summed E-state index contributed by atoms with van der Waals surface area (Å²) in [6.07, 6.45) is 3.44. The smallest absolute Gasteiger partial charge is 0.258 e. The van der Waals surface area contributed by atoms with E-state index in [2.05, 4.69) is 15.1 Å². The number of ether oxygens (including phenoxy) is 1. The molecule has 2 N–H and O–H groups in total. The maximum absolute atomic E-state index is 6.16. The van der Waals surface area contributed by atoms with Gasteiger partial charge in [0.05, 0.1) is 12.7 Å². The van der Waals surface area contributed by atoms with Crippen molar-refractivity contribution in [2.45, 2.75) is 32.4 Å². The average molecular weight is 262 g/mol. The summed E-state index contributed by atoms with van der Waals surface area (Å²) in [7, 11) is 0. The van der Waals surface area contributed by atoms with Gasteiger partial charge in [0.2, 0.25) is 0 Å². The normalized spacial score (nSPS) is 14.6. The minimum atomic E-state index is -0.779. The van der Waals surface area contributed by atoms with Crippen LogP contribution in [-0.4, -0.2) is 27.8 Å². The molecule has 6 heteroatoms. The molecule has 102 valence electrons. The molecule has 6 nitrogen and oxygen atoms in total. The van der Waals surface area contributed by atoms with Crippen LogP contribution >= 0.6 is 0 Å². The first-order valence-corrected chi connectivity index (χ1v) is 6.14. The third-order valence-electron chi connectivity index (χ3n) is 2.58. The molecular formula is C13H18N4O2. The summed E-state index contributed by atoms with van der Waals surface area (Å²) >= 11 is 0. The maximum Gasteiger partial charge on any atom is 0.258 e. The lowest BCUT2D eigenvalue weighted by atomic mass is 10.1. The van der Waals surface area contributed by atoms with Gasteiger partial charge in [0.1, 0.15) is 5.54 Å². The first kappa shape index (κ1) is 13.6. The molecule has 2 heterocycles. The maximum atomic E-state index is 6.16. The number of nitrogens with two attached hydrogens (primary N) is 1. The van der Waals surface area contributed by atoms with E-state index < -0.39 is 5.54 Å². The predicted octanol–water partition coefficient (Wildman–Crippen LogP) is 1.73. The lowest BCUT2D eigenvalue weighted by Crippen LogP contribution is -2.40. The van der Waals surface area contributed by atoms with Crippen molar-refractivity contribution in [3.63, 3.8) is 0 Å². The summed E-state index contributed by atoms with van der Waals surface area (Å²) in [5.74, 6) is 0.860. The number of pyridine rings is 1. The Morgan fingerprint density at radius 1 is 1.37 bits per heavy atom. The Morgan fingerprint density at radius 2 is 2.05 bits per heavy atom. The zero-order valence-corrected chi connectivity index (χ0v) is 11.3. The van der Waals surface area contributed by atoms with Crippen LogP contribution in [0.5, 0.6) is 0 Å². The van der Waals surface area contributed by atoms with Crippen molar-refractivity contribution in [1.82, 2.24) is 15.1 Å². The van der Waals surface area contributed by atoms with E-state index in [9.17, 15) is 0 Å². The van der Waals surface area contributed by atoms with Crippen LogP contribution in [0.15, 0.2) is 29.0 Å². The van der Waals surface area contributed by atoms with Gasteiger partial charge in [-0.2, -0.15) is 4.98 Å². The summed E-state index contributed by atoms with van der Waals surface area (Å²) in [5.41, 5.74) is 6.19. The molecule has 19 heavy (non-hydrogen) atoms. The summed E-state index contributed by atoms with van der Waals surface area (Å²) in [4.78, 5) is 8.26. The van der Waals surface area contributed by atoms with E-state index in [-0.39, 0.29) is 6.10 Å². The second kappa shape index (κ2) is 5.46. The molecule has 0 aliphatic heterocycles. The van der Waals surface area contributed by atoms with Gasteiger partial charge in [0.15, 0.2) is 5.82 Å². The van der Waals surface area contributed by atoms with Crippen molar-refractivity contribution in [2.24, 2.45) is 5.73 Å². The van der Waals surface area contributed by atoms with Crippen molar-refractivity contribution in [2.75, 3.05) is 6.61 Å². The Kier molecular flexibility index (Phi) is 3.92. The quantitative estimate of drug-likeness (QED) is 0.883. The number of hydrogen-bond donors (Lipinski definition) is 1. The SMILES string of the molecule is CC(C)OCC(C)(N)c1noc(-c2ccncc2)n1. The third kappa shape index (κ3) is 3.36. The van der Waals surface area contributed by atoms with Crippen LogP contribution in [0.25, 0.3) is 11.5 Å². The van der Waals surface area contributed by atoms with Gasteiger partial charge in [-0.15, -0.1) is 0 Å². The number of hydrogen-bond acceptors (Lipinski definition) is 6. The molecule has 2 aromatic heterocycles. The van der Waals surface area contributed by atoms with Gasteiger partial charge in [-0.3, -0.25) is 4.98 Å². The summed E-state index contributed by atoms with van der Waals surface area (Å²) < 4.78 is 10.7. The van der Waals surface area contributed by atoms with Crippen LogP contribution in [0.3, 0.4) is 0 Å². The standard InChI is InChI=1S/C13H18N4O2/c1-9(2)18-8-13(3,14)12-16-11(19-17-12)10-4-6-15-7-5-10/h4-7,9H,8,14H2,1-3H3. The van der Waals surface area contributed by atoms with Crippen molar-refractivity contribution in [3.05, 3.63) is 30.4 Å². The molecular weight excluding hydrogens is 244 g/mol. The summed E-state index contributed by atoms with van der Waals surface area (Å²) in [5, 5.41) is 3.93. The second-order valence-corrected chi connectivity index (χ2v) is 4.94. The van der Waals surface area contributed by atoms with Crippen LogP contribution in [0.1, 0.15) is 26.6 Å². The zero-order chi connectivity index (χ0) is 13.9. The first-order chi connectivity index (χ1) is 8.99. The highest BCUT2D eigenvalue weighted by molar-refractivity contribution is 5.51. The Bertz CT molecular complexity index is 522. The topological polar surface area (TPSA) is 87.1 Å². The minimum absolute atomic E-state index is 0.106. The Morgan fingerprint density at radius 3 is 2.68 bits per heavy atom. The van der Waals surface area contributed by atoms with E-state index in [4.69, 9.17) is 15.0 Å². The van der Waals surface area contributed by atoms with Gasteiger partial charge < -0.3 is 15.0 Å². The monoisotopic (exact) mass is 262 g/mol. The minimum Gasteiger partial charge on any atom is -0.376 e. The van der Waals surface area contributed by atoms with Crippen molar-refractivity contribution in [1.29, 1.82) is 0 Å². The van der Waals surface area contributed by atoms with Crippen LogP contribution in [0.2, 0.25) is 0 Å². The van der Waals surface area contributed by atoms with Crippen LogP contribution < -0.4 is 5.73 Å². The molecule has 0 fully saturated rings. The van der Waals surface area contributed by atoms with E-state index in [1.165, 1.54) is 0 Å². The fourth-order valence-corrected chi connectivity index (χ4v) is 1.47. The van der Waals surface area contributed by atoms with E-state index >= 15 is 0 Å². The van der Waals surface area contributed by atoms with Crippen molar-refractivity contribution in [3.8, 4) is 11.5 Å². The lowest BCUT2D eigenvalue weighted by molar-refractivity contribution is 0.0410. The number of aromatic nitrogens is 3. The molecule has 0 aliphatic carbocycles. The second-order valence-electron chi connectivity index (χ2n) is 4.94. The van der Waals surface area contributed by atoms with Gasteiger partial charge in [0, 0.05) is 18.0 Å². The van der Waals surface area contributed by atoms with Gasteiger partial charge in [-0.1, -0.05) is 5.16 Å². The molecule has 2 rings (SSSR count). The Hall–Kier alpha value is -1.79. The van der Waals surface area contributed by atoms with E-state index in [0.29, 0.717) is 18.3 Å². The summed E-state index contributed by atoms with van der Waals surface area (Å²) in [6, 6.07) is 3.60. The first-order valence-electron chi connectivity index (χ1n) is 6.14. The fraction of sp³-hybridized carbons (Fsp3) is 0.462. The highest BCUT2D eigenvalue weighted by Gasteiger charge is 2.28. The number of rotatable bonds is 5. The highest BCUT2D eigenvalue weighted by Crippen LogP contribution is 2.21. The zero-order valence-electron chi connectivity index (χ0n) is 11.3. The molecule has 0 saturated heterocycles. The van der Waals surface area contributed by atoms with E-state index in [1.807, 2.05) is 20.8 Å². The molecule has 0 aromatic carbocycles. The molecule has 2 aromatic rings. The van der Waals surface area contributed by atoms with E-state index in [1.54, 1.807) is 24.5 Å². The van der Waals surface area contributed by atoms with Gasteiger partial charge >= 0.3 is 0 Å². The van der Waals surface area contributed by atoms with Crippen LogP contribution in [0.4, 0.5) is 0 Å². The Balaban J connectivity index is 2.16. The van der Waals surface area contributed by atoms with Crippen molar-refractivity contribution >= 4 is 0 Å². The molecule has 0 spiro atoms. The molecule has 0 amide bonds. The summed E-state index contributed by atoms with van der Waals surface area (Å²) in [6.45, 7) is 6.06. The molecule has 1 unspecified atom stereocenters. The molecule has 0 radical (unpaired) electrons. The third-order valence-corrected chi connectivity index (χ3v) is 2.58. The van der Waals surface area contributed by atoms with E-state index in [0.717, 1.165) is 5.56 Å². The lowest BCUT2D eigenvalue weighted by Gasteiger charge is -2.21. The highest BCUT2D eigenvalue weighted by atomic mass is 16.5. The fourth-order valence-electron chi connectivity index (χ4n) is 1.47. The van der Waals surface area contributed by atoms with Crippen LogP contribution in [0, 0.1) is 0 Å². The van der Waals surface area contributed by atoms with Gasteiger partial charge in [-0.25, -0.2) is 0 Å². The van der Waals surface area contributed by atoms with Gasteiger partial charge in [-0.05, 0) is 32.9 Å². The largest absolute Gasteiger partial charge is 0.376 e. The number of nitrogens with zero attached hydrogens (tertiary/aromatic N) is 3. The molecule has 0 aliphatic rings. The molecule has 0 bridgehead atoms.